The average molecular weight is 437 g/mol. The van der Waals surface area contributed by atoms with Crippen molar-refractivity contribution < 1.29 is 14.1 Å². The van der Waals surface area contributed by atoms with Crippen LogP contribution >= 0.6 is 11.8 Å². The summed E-state index contributed by atoms with van der Waals surface area (Å²) in [5.41, 5.74) is 1.28. The summed E-state index contributed by atoms with van der Waals surface area (Å²) < 4.78 is 13.1. The number of halogens is 1. The van der Waals surface area contributed by atoms with Gasteiger partial charge in [0, 0.05) is 48.4 Å². The van der Waals surface area contributed by atoms with E-state index in [2.05, 4.69) is 4.90 Å². The number of hydrogen-bond acceptors (Lipinski definition) is 5. The number of benzene rings is 3. The Morgan fingerprint density at radius 1 is 0.935 bits per heavy atom. The SMILES string of the molecule is O=C(c1ccc(Sc2ccc(F)cc2)c([N+](=O)[O-])c1)N1CCN(c2ccccc2)CC1. The maximum atomic E-state index is 13.1. The van der Waals surface area contributed by atoms with Gasteiger partial charge in [0.2, 0.25) is 0 Å². The topological polar surface area (TPSA) is 66.7 Å². The maximum absolute atomic E-state index is 13.1. The van der Waals surface area contributed by atoms with Crippen LogP contribution in [0.4, 0.5) is 15.8 Å². The molecule has 0 aliphatic carbocycles. The van der Waals surface area contributed by atoms with E-state index in [0.29, 0.717) is 41.5 Å². The highest BCUT2D eigenvalue weighted by atomic mass is 32.2. The van der Waals surface area contributed by atoms with Gasteiger partial charge in [0.15, 0.2) is 0 Å². The zero-order chi connectivity index (χ0) is 21.8. The predicted molar refractivity (Wildman–Crippen MR) is 118 cm³/mol. The number of piperazine rings is 1. The van der Waals surface area contributed by atoms with Crippen LogP contribution in [0.3, 0.4) is 0 Å². The number of carbonyl (C=O) groups excluding carboxylic acids is 1. The molecule has 3 aromatic rings. The third-order valence-electron chi connectivity index (χ3n) is 5.13. The lowest BCUT2D eigenvalue weighted by Gasteiger charge is -2.36. The number of nitrogens with zero attached hydrogens (tertiary/aromatic N) is 3. The molecule has 0 unspecified atom stereocenters. The smallest absolute Gasteiger partial charge is 0.284 e. The molecule has 8 heteroatoms. The van der Waals surface area contributed by atoms with Crippen molar-refractivity contribution in [3.8, 4) is 0 Å². The van der Waals surface area contributed by atoms with Gasteiger partial charge in [-0.2, -0.15) is 0 Å². The molecule has 158 valence electrons. The van der Waals surface area contributed by atoms with Crippen molar-refractivity contribution in [2.24, 2.45) is 0 Å². The summed E-state index contributed by atoms with van der Waals surface area (Å²) in [4.78, 5) is 29.1. The van der Waals surface area contributed by atoms with Gasteiger partial charge in [-0.25, -0.2) is 4.39 Å². The van der Waals surface area contributed by atoms with Crippen molar-refractivity contribution >= 4 is 29.0 Å². The maximum Gasteiger partial charge on any atom is 0.284 e. The second-order valence-electron chi connectivity index (χ2n) is 7.11. The minimum atomic E-state index is -0.490. The van der Waals surface area contributed by atoms with Crippen molar-refractivity contribution in [1.82, 2.24) is 4.90 Å². The summed E-state index contributed by atoms with van der Waals surface area (Å²) in [6, 6.07) is 20.3. The number of para-hydroxylation sites is 1. The summed E-state index contributed by atoms with van der Waals surface area (Å²) in [6.45, 7) is 2.51. The minimum Gasteiger partial charge on any atom is -0.368 e. The number of amides is 1. The van der Waals surface area contributed by atoms with Crippen LogP contribution in [-0.2, 0) is 0 Å². The van der Waals surface area contributed by atoms with Gasteiger partial charge in [-0.15, -0.1) is 0 Å². The van der Waals surface area contributed by atoms with Gasteiger partial charge < -0.3 is 9.80 Å². The fourth-order valence-corrected chi connectivity index (χ4v) is 4.40. The molecule has 3 aromatic carbocycles. The number of carbonyl (C=O) groups is 1. The van der Waals surface area contributed by atoms with Crippen molar-refractivity contribution in [2.75, 3.05) is 31.1 Å². The molecular formula is C23H20FN3O3S. The van der Waals surface area contributed by atoms with Crippen LogP contribution in [0.1, 0.15) is 10.4 Å². The third kappa shape index (κ3) is 4.86. The minimum absolute atomic E-state index is 0.136. The van der Waals surface area contributed by atoms with Crippen molar-refractivity contribution in [3.63, 3.8) is 0 Å². The van der Waals surface area contributed by atoms with E-state index in [4.69, 9.17) is 0 Å². The molecule has 0 aromatic heterocycles. The van der Waals surface area contributed by atoms with Crippen molar-refractivity contribution in [1.29, 1.82) is 0 Å². The number of rotatable bonds is 5. The standard InChI is InChI=1S/C23H20FN3O3S/c24-18-7-9-20(10-8-18)31-22-11-6-17(16-21(22)27(29)30)23(28)26-14-12-25(13-15-26)19-4-2-1-3-5-19/h1-11,16H,12-15H2. The molecule has 1 saturated heterocycles. The average Bonchev–Trinajstić information content (AvgIpc) is 2.81. The van der Waals surface area contributed by atoms with Crippen LogP contribution in [0.25, 0.3) is 0 Å². The first-order valence-electron chi connectivity index (χ1n) is 9.82. The number of hydrogen-bond donors (Lipinski definition) is 0. The first kappa shape index (κ1) is 20.9. The molecule has 0 saturated carbocycles. The van der Waals surface area contributed by atoms with Crippen molar-refractivity contribution in [3.05, 3.63) is 94.3 Å². The van der Waals surface area contributed by atoms with E-state index < -0.39 is 4.92 Å². The number of nitro benzene ring substituents is 1. The fourth-order valence-electron chi connectivity index (χ4n) is 3.50. The molecule has 1 heterocycles. The van der Waals surface area contributed by atoms with Gasteiger partial charge >= 0.3 is 0 Å². The second-order valence-corrected chi connectivity index (χ2v) is 8.23. The van der Waals surface area contributed by atoms with E-state index in [9.17, 15) is 19.3 Å². The highest BCUT2D eigenvalue weighted by Gasteiger charge is 2.25. The molecule has 6 nitrogen and oxygen atoms in total. The Bertz CT molecular complexity index is 1080. The van der Waals surface area contributed by atoms with Crippen LogP contribution in [0.5, 0.6) is 0 Å². The molecule has 1 aliphatic heterocycles. The first-order valence-corrected chi connectivity index (χ1v) is 10.6. The van der Waals surface area contributed by atoms with E-state index in [-0.39, 0.29) is 17.4 Å². The zero-order valence-corrected chi connectivity index (χ0v) is 17.4. The monoisotopic (exact) mass is 437 g/mol. The molecule has 0 spiro atoms. The normalized spacial score (nSPS) is 13.8. The molecule has 4 rings (SSSR count). The Balaban J connectivity index is 1.48. The van der Waals surface area contributed by atoms with E-state index in [0.717, 1.165) is 5.69 Å². The summed E-state index contributed by atoms with van der Waals surface area (Å²) in [5.74, 6) is -0.582. The van der Waals surface area contributed by atoms with Crippen LogP contribution in [-0.4, -0.2) is 41.9 Å². The number of anilines is 1. The highest BCUT2D eigenvalue weighted by Crippen LogP contribution is 2.35. The second kappa shape index (κ2) is 9.18. The molecule has 0 atom stereocenters. The molecule has 0 radical (unpaired) electrons. The summed E-state index contributed by atoms with van der Waals surface area (Å²) >= 11 is 1.17. The van der Waals surface area contributed by atoms with Gasteiger partial charge in [0.25, 0.3) is 11.6 Å². The van der Waals surface area contributed by atoms with Crippen LogP contribution in [0.2, 0.25) is 0 Å². The van der Waals surface area contributed by atoms with E-state index in [1.54, 1.807) is 29.2 Å². The molecule has 1 aliphatic rings. The van der Waals surface area contributed by atoms with Gasteiger partial charge in [-0.3, -0.25) is 14.9 Å². The summed E-state index contributed by atoms with van der Waals surface area (Å²) in [7, 11) is 0. The summed E-state index contributed by atoms with van der Waals surface area (Å²) in [6.07, 6.45) is 0. The molecule has 1 fully saturated rings. The molecular weight excluding hydrogens is 417 g/mol. The molecule has 1 amide bonds. The molecule has 31 heavy (non-hydrogen) atoms. The van der Waals surface area contributed by atoms with Crippen molar-refractivity contribution in [2.45, 2.75) is 9.79 Å². The zero-order valence-electron chi connectivity index (χ0n) is 16.6. The largest absolute Gasteiger partial charge is 0.368 e. The Morgan fingerprint density at radius 2 is 1.61 bits per heavy atom. The molecule has 0 bridgehead atoms. The third-order valence-corrected chi connectivity index (χ3v) is 6.21. The first-order chi connectivity index (χ1) is 15.0. The van der Waals surface area contributed by atoms with Crippen LogP contribution in [0, 0.1) is 15.9 Å². The molecule has 0 N–H and O–H groups in total. The Labute approximate surface area is 183 Å². The van der Waals surface area contributed by atoms with E-state index in [1.807, 2.05) is 30.3 Å². The quantitative estimate of drug-likeness (QED) is 0.422. The van der Waals surface area contributed by atoms with E-state index in [1.165, 1.54) is 30.0 Å². The highest BCUT2D eigenvalue weighted by molar-refractivity contribution is 7.99. The Kier molecular flexibility index (Phi) is 6.18. The Morgan fingerprint density at radius 3 is 2.26 bits per heavy atom. The van der Waals surface area contributed by atoms with Gasteiger partial charge in [-0.05, 0) is 48.5 Å². The van der Waals surface area contributed by atoms with E-state index >= 15 is 0 Å². The Hall–Kier alpha value is -3.39. The lowest BCUT2D eigenvalue weighted by atomic mass is 10.1. The van der Waals surface area contributed by atoms with Gasteiger partial charge in [0.1, 0.15) is 5.82 Å². The summed E-state index contributed by atoms with van der Waals surface area (Å²) in [5, 5.41) is 11.6. The number of nitro groups is 1. The van der Waals surface area contributed by atoms with Gasteiger partial charge in [0.05, 0.1) is 9.82 Å². The predicted octanol–water partition coefficient (Wildman–Crippen LogP) is 4.85. The fraction of sp³-hybridized carbons (Fsp3) is 0.174. The van der Waals surface area contributed by atoms with Gasteiger partial charge in [-0.1, -0.05) is 30.0 Å². The lowest BCUT2D eigenvalue weighted by Crippen LogP contribution is -2.48. The lowest BCUT2D eigenvalue weighted by molar-refractivity contribution is -0.387. The van der Waals surface area contributed by atoms with Crippen LogP contribution < -0.4 is 4.90 Å². The van der Waals surface area contributed by atoms with Crippen LogP contribution in [0.15, 0.2) is 82.6 Å².